The van der Waals surface area contributed by atoms with Crippen molar-refractivity contribution in [2.45, 2.75) is 6.92 Å². The normalized spacial score (nSPS) is 10.6. The standard InChI is InChI=1S/C10H8ClNO3/c1-5-12-8-4-7(11)9(14-2)3-6(8)10(13)15-5/h3-4H,1-2H3. The topological polar surface area (TPSA) is 52.3 Å². The van der Waals surface area contributed by atoms with Crippen LogP contribution in [0.15, 0.2) is 21.3 Å². The zero-order chi connectivity index (χ0) is 11.0. The lowest BCUT2D eigenvalue weighted by Gasteiger charge is -2.03. The summed E-state index contributed by atoms with van der Waals surface area (Å²) in [6.45, 7) is 1.61. The van der Waals surface area contributed by atoms with E-state index in [2.05, 4.69) is 4.98 Å². The summed E-state index contributed by atoms with van der Waals surface area (Å²) in [6, 6.07) is 3.11. The van der Waals surface area contributed by atoms with Gasteiger partial charge < -0.3 is 9.15 Å². The highest BCUT2D eigenvalue weighted by Crippen LogP contribution is 2.27. The van der Waals surface area contributed by atoms with Crippen LogP contribution in [0.1, 0.15) is 5.89 Å². The fourth-order valence-electron chi connectivity index (χ4n) is 1.34. The molecule has 0 aliphatic heterocycles. The molecule has 0 aliphatic carbocycles. The number of hydrogen-bond donors (Lipinski definition) is 0. The van der Waals surface area contributed by atoms with Gasteiger partial charge in [0.15, 0.2) is 5.89 Å². The molecular weight excluding hydrogens is 218 g/mol. The molecule has 0 spiro atoms. The van der Waals surface area contributed by atoms with Crippen molar-refractivity contribution in [1.29, 1.82) is 0 Å². The summed E-state index contributed by atoms with van der Waals surface area (Å²) in [7, 11) is 1.48. The summed E-state index contributed by atoms with van der Waals surface area (Å²) in [6.07, 6.45) is 0. The van der Waals surface area contributed by atoms with Crippen molar-refractivity contribution in [3.63, 3.8) is 0 Å². The number of benzene rings is 1. The Morgan fingerprint density at radius 2 is 2.20 bits per heavy atom. The molecule has 0 saturated heterocycles. The van der Waals surface area contributed by atoms with Gasteiger partial charge in [-0.25, -0.2) is 9.78 Å². The molecule has 2 aromatic rings. The first kappa shape index (κ1) is 9.98. The summed E-state index contributed by atoms with van der Waals surface area (Å²) < 4.78 is 9.86. The molecule has 0 bridgehead atoms. The SMILES string of the molecule is COc1cc2c(=O)oc(C)nc2cc1Cl. The lowest BCUT2D eigenvalue weighted by Crippen LogP contribution is -2.03. The second-order valence-corrected chi connectivity index (χ2v) is 3.43. The van der Waals surface area contributed by atoms with Gasteiger partial charge in [0.25, 0.3) is 0 Å². The van der Waals surface area contributed by atoms with Gasteiger partial charge in [-0.15, -0.1) is 0 Å². The van der Waals surface area contributed by atoms with Gasteiger partial charge in [-0.2, -0.15) is 0 Å². The van der Waals surface area contributed by atoms with E-state index in [0.29, 0.717) is 27.6 Å². The highest BCUT2D eigenvalue weighted by Gasteiger charge is 2.08. The third kappa shape index (κ3) is 1.68. The van der Waals surface area contributed by atoms with Gasteiger partial charge in [-0.3, -0.25) is 0 Å². The Balaban J connectivity index is 2.87. The maximum absolute atomic E-state index is 11.5. The minimum atomic E-state index is -0.438. The van der Waals surface area contributed by atoms with E-state index in [1.165, 1.54) is 13.2 Å². The maximum Gasteiger partial charge on any atom is 0.346 e. The highest BCUT2D eigenvalue weighted by molar-refractivity contribution is 6.32. The van der Waals surface area contributed by atoms with Gasteiger partial charge in [-0.05, 0) is 12.1 Å². The molecule has 0 fully saturated rings. The molecule has 5 heteroatoms. The molecule has 78 valence electrons. The lowest BCUT2D eigenvalue weighted by atomic mass is 10.2. The van der Waals surface area contributed by atoms with Crippen LogP contribution >= 0.6 is 11.6 Å². The summed E-state index contributed by atoms with van der Waals surface area (Å²) in [5, 5.41) is 0.782. The fraction of sp³-hybridized carbons (Fsp3) is 0.200. The minimum Gasteiger partial charge on any atom is -0.495 e. The Morgan fingerprint density at radius 3 is 2.87 bits per heavy atom. The molecule has 0 aliphatic rings. The number of halogens is 1. The number of aromatic nitrogens is 1. The Labute approximate surface area is 90.4 Å². The van der Waals surface area contributed by atoms with Gasteiger partial charge in [0.05, 0.1) is 23.0 Å². The van der Waals surface area contributed by atoms with E-state index < -0.39 is 5.63 Å². The molecule has 15 heavy (non-hydrogen) atoms. The van der Waals surface area contributed by atoms with E-state index >= 15 is 0 Å². The number of aryl methyl sites for hydroxylation is 1. The number of methoxy groups -OCH3 is 1. The highest BCUT2D eigenvalue weighted by atomic mass is 35.5. The molecule has 1 aromatic carbocycles. The molecule has 4 nitrogen and oxygen atoms in total. The van der Waals surface area contributed by atoms with Gasteiger partial charge >= 0.3 is 5.63 Å². The summed E-state index contributed by atoms with van der Waals surface area (Å²) in [4.78, 5) is 15.5. The van der Waals surface area contributed by atoms with Crippen molar-refractivity contribution in [1.82, 2.24) is 4.98 Å². The predicted molar refractivity (Wildman–Crippen MR) is 56.6 cm³/mol. The van der Waals surface area contributed by atoms with Crippen molar-refractivity contribution in [2.75, 3.05) is 7.11 Å². The number of nitrogens with zero attached hydrogens (tertiary/aromatic N) is 1. The first-order valence-corrected chi connectivity index (χ1v) is 4.64. The second-order valence-electron chi connectivity index (χ2n) is 3.02. The summed E-state index contributed by atoms with van der Waals surface area (Å²) in [5.41, 5.74) is 0.0713. The summed E-state index contributed by atoms with van der Waals surface area (Å²) >= 11 is 5.91. The quantitative estimate of drug-likeness (QED) is 0.746. The van der Waals surface area contributed by atoms with E-state index in [4.69, 9.17) is 20.8 Å². The molecule has 0 atom stereocenters. The monoisotopic (exact) mass is 225 g/mol. The average Bonchev–Trinajstić information content (AvgIpc) is 2.16. The fourth-order valence-corrected chi connectivity index (χ4v) is 1.57. The zero-order valence-electron chi connectivity index (χ0n) is 8.20. The van der Waals surface area contributed by atoms with Crippen molar-refractivity contribution >= 4 is 22.5 Å². The Bertz CT molecular complexity index is 577. The van der Waals surface area contributed by atoms with Gasteiger partial charge in [0.2, 0.25) is 0 Å². The predicted octanol–water partition coefficient (Wildman–Crippen LogP) is 2.16. The van der Waals surface area contributed by atoms with Gasteiger partial charge in [0, 0.05) is 6.92 Å². The summed E-state index contributed by atoms with van der Waals surface area (Å²) in [5.74, 6) is 0.746. The zero-order valence-corrected chi connectivity index (χ0v) is 8.96. The maximum atomic E-state index is 11.5. The van der Waals surface area contributed by atoms with Crippen LogP contribution in [0.2, 0.25) is 5.02 Å². The van der Waals surface area contributed by atoms with Crippen molar-refractivity contribution in [3.05, 3.63) is 33.5 Å². The Morgan fingerprint density at radius 1 is 1.47 bits per heavy atom. The van der Waals surface area contributed by atoms with Crippen LogP contribution in [-0.2, 0) is 0 Å². The Hall–Kier alpha value is -1.55. The average molecular weight is 226 g/mol. The number of ether oxygens (including phenoxy) is 1. The van der Waals surface area contributed by atoms with Crippen LogP contribution in [0.3, 0.4) is 0 Å². The van der Waals surface area contributed by atoms with Crippen LogP contribution in [0.4, 0.5) is 0 Å². The molecule has 0 saturated carbocycles. The van der Waals surface area contributed by atoms with Gasteiger partial charge in [-0.1, -0.05) is 11.6 Å². The smallest absolute Gasteiger partial charge is 0.346 e. The van der Waals surface area contributed by atoms with E-state index in [1.807, 2.05) is 0 Å². The largest absolute Gasteiger partial charge is 0.495 e. The van der Waals surface area contributed by atoms with Gasteiger partial charge in [0.1, 0.15) is 5.75 Å². The molecule has 1 heterocycles. The van der Waals surface area contributed by atoms with Crippen LogP contribution in [-0.4, -0.2) is 12.1 Å². The van der Waals surface area contributed by atoms with Crippen molar-refractivity contribution < 1.29 is 9.15 Å². The van der Waals surface area contributed by atoms with Crippen LogP contribution < -0.4 is 10.4 Å². The van der Waals surface area contributed by atoms with E-state index in [1.54, 1.807) is 13.0 Å². The van der Waals surface area contributed by atoms with Crippen molar-refractivity contribution in [2.24, 2.45) is 0 Å². The van der Waals surface area contributed by atoms with Crippen LogP contribution in [0.25, 0.3) is 10.9 Å². The van der Waals surface area contributed by atoms with Crippen LogP contribution in [0, 0.1) is 6.92 Å². The molecular formula is C10H8ClNO3. The lowest BCUT2D eigenvalue weighted by molar-refractivity contribution is 0.415. The molecule has 0 N–H and O–H groups in total. The van der Waals surface area contributed by atoms with E-state index in [0.717, 1.165) is 0 Å². The molecule has 1 aromatic heterocycles. The Kier molecular flexibility index (Phi) is 2.36. The van der Waals surface area contributed by atoms with Crippen molar-refractivity contribution in [3.8, 4) is 5.75 Å². The second kappa shape index (κ2) is 3.55. The molecule has 2 rings (SSSR count). The molecule has 0 amide bonds. The minimum absolute atomic E-state index is 0.314. The molecule has 0 radical (unpaired) electrons. The first-order chi connectivity index (χ1) is 7.11. The molecule has 0 unspecified atom stereocenters. The van der Waals surface area contributed by atoms with E-state index in [-0.39, 0.29) is 0 Å². The third-order valence-electron chi connectivity index (χ3n) is 2.01. The van der Waals surface area contributed by atoms with Crippen LogP contribution in [0.5, 0.6) is 5.75 Å². The number of hydrogen-bond acceptors (Lipinski definition) is 4. The first-order valence-electron chi connectivity index (χ1n) is 4.27. The number of rotatable bonds is 1. The van der Waals surface area contributed by atoms with E-state index in [9.17, 15) is 4.79 Å². The number of fused-ring (bicyclic) bond motifs is 1. The third-order valence-corrected chi connectivity index (χ3v) is 2.30.